The van der Waals surface area contributed by atoms with Crippen molar-refractivity contribution in [2.45, 2.75) is 44.9 Å². The van der Waals surface area contributed by atoms with Crippen LogP contribution in [0.3, 0.4) is 0 Å². The normalized spacial score (nSPS) is 15.7. The van der Waals surface area contributed by atoms with Crippen molar-refractivity contribution in [1.82, 2.24) is 4.90 Å². The van der Waals surface area contributed by atoms with E-state index in [0.29, 0.717) is 0 Å². The van der Waals surface area contributed by atoms with Gasteiger partial charge >= 0.3 is 6.18 Å². The van der Waals surface area contributed by atoms with E-state index in [9.17, 15) is 18.0 Å². The number of nitrogens with zero attached hydrogens (tertiary/aromatic N) is 1. The fraction of sp³-hybridized carbons (Fsp3) is 0.500. The highest BCUT2D eigenvalue weighted by molar-refractivity contribution is 5.96. The smallest absolute Gasteiger partial charge is 0.333 e. The summed E-state index contributed by atoms with van der Waals surface area (Å²) in [5, 5.41) is 0. The fourth-order valence-electron chi connectivity index (χ4n) is 2.23. The molecule has 0 saturated heterocycles. The molecule has 1 aromatic rings. The number of alkyl halides is 3. The van der Waals surface area contributed by atoms with Crippen molar-refractivity contribution in [2.75, 3.05) is 0 Å². The van der Waals surface area contributed by atoms with Crippen molar-refractivity contribution in [3.63, 3.8) is 0 Å². The van der Waals surface area contributed by atoms with E-state index in [4.69, 9.17) is 0 Å². The lowest BCUT2D eigenvalue weighted by atomic mass is 10.0. The molecule has 1 aromatic carbocycles. The minimum absolute atomic E-state index is 0.0915. The molecule has 0 atom stereocenters. The highest BCUT2D eigenvalue weighted by Gasteiger charge is 2.39. The van der Waals surface area contributed by atoms with Crippen molar-refractivity contribution < 1.29 is 18.0 Å². The van der Waals surface area contributed by atoms with E-state index < -0.39 is 17.6 Å². The zero-order valence-electron chi connectivity index (χ0n) is 10.9. The second kappa shape index (κ2) is 4.87. The molecule has 19 heavy (non-hydrogen) atoms. The Morgan fingerprint density at radius 2 is 1.84 bits per heavy atom. The lowest BCUT2D eigenvalue weighted by Gasteiger charge is -2.28. The lowest BCUT2D eigenvalue weighted by Crippen LogP contribution is -2.39. The van der Waals surface area contributed by atoms with Crippen molar-refractivity contribution in [3.05, 3.63) is 35.4 Å². The van der Waals surface area contributed by atoms with Gasteiger partial charge in [0.15, 0.2) is 0 Å². The van der Waals surface area contributed by atoms with Gasteiger partial charge in [0.2, 0.25) is 0 Å². The lowest BCUT2D eigenvalue weighted by molar-refractivity contribution is -0.138. The highest BCUT2D eigenvalue weighted by Crippen LogP contribution is 2.35. The first-order valence-corrected chi connectivity index (χ1v) is 6.31. The van der Waals surface area contributed by atoms with E-state index in [1.807, 2.05) is 13.8 Å². The molecule has 0 radical (unpaired) electrons. The number of rotatable bonds is 3. The first kappa shape index (κ1) is 13.9. The molecule has 0 aromatic heterocycles. The van der Waals surface area contributed by atoms with Gasteiger partial charge < -0.3 is 4.90 Å². The summed E-state index contributed by atoms with van der Waals surface area (Å²) in [5.74, 6) is -0.523. The number of halogens is 3. The third kappa shape index (κ3) is 2.91. The summed E-state index contributed by atoms with van der Waals surface area (Å²) in [7, 11) is 0. The third-order valence-electron chi connectivity index (χ3n) is 3.19. The van der Waals surface area contributed by atoms with Gasteiger partial charge in [0, 0.05) is 12.1 Å². The Morgan fingerprint density at radius 3 is 2.32 bits per heavy atom. The second-order valence-electron chi connectivity index (χ2n) is 5.08. The molecule has 0 aliphatic heterocycles. The summed E-state index contributed by atoms with van der Waals surface area (Å²) in [6, 6.07) is 4.97. The van der Waals surface area contributed by atoms with Crippen LogP contribution in [0.25, 0.3) is 0 Å². The molecule has 0 N–H and O–H groups in total. The summed E-state index contributed by atoms with van der Waals surface area (Å²) in [5.41, 5.74) is -1.11. The van der Waals surface area contributed by atoms with Gasteiger partial charge in [-0.15, -0.1) is 0 Å². The number of hydrogen-bond acceptors (Lipinski definition) is 1. The van der Waals surface area contributed by atoms with Gasteiger partial charge in [0.05, 0.1) is 11.1 Å². The van der Waals surface area contributed by atoms with E-state index >= 15 is 0 Å². The number of amides is 1. The average molecular weight is 271 g/mol. The molecule has 0 bridgehead atoms. The summed E-state index contributed by atoms with van der Waals surface area (Å²) >= 11 is 0. The molecule has 0 unspecified atom stereocenters. The molecule has 2 rings (SSSR count). The van der Waals surface area contributed by atoms with Crippen molar-refractivity contribution in [3.8, 4) is 0 Å². The molecular weight excluding hydrogens is 255 g/mol. The van der Waals surface area contributed by atoms with E-state index in [0.717, 1.165) is 18.9 Å². The van der Waals surface area contributed by atoms with Gasteiger partial charge in [-0.2, -0.15) is 13.2 Å². The Bertz CT molecular complexity index is 476. The van der Waals surface area contributed by atoms with Gasteiger partial charge in [-0.1, -0.05) is 12.1 Å². The number of carbonyl (C=O) groups is 1. The maximum atomic E-state index is 12.9. The van der Waals surface area contributed by atoms with Crippen LogP contribution in [0.15, 0.2) is 24.3 Å². The number of carbonyl (C=O) groups excluding carboxylic acids is 1. The van der Waals surface area contributed by atoms with Crippen LogP contribution in [0.2, 0.25) is 0 Å². The predicted octanol–water partition coefficient (Wildman–Crippen LogP) is 3.72. The van der Waals surface area contributed by atoms with E-state index in [2.05, 4.69) is 0 Å². The van der Waals surface area contributed by atoms with Crippen LogP contribution in [0.1, 0.15) is 42.6 Å². The Balaban J connectivity index is 2.38. The van der Waals surface area contributed by atoms with E-state index in [1.54, 1.807) is 4.90 Å². The van der Waals surface area contributed by atoms with Crippen LogP contribution in [0.4, 0.5) is 13.2 Å². The zero-order chi connectivity index (χ0) is 14.2. The summed E-state index contributed by atoms with van der Waals surface area (Å²) in [6.07, 6.45) is -2.76. The Labute approximate surface area is 110 Å². The topological polar surface area (TPSA) is 20.3 Å². The van der Waals surface area contributed by atoms with Crippen LogP contribution in [-0.2, 0) is 6.18 Å². The second-order valence-corrected chi connectivity index (χ2v) is 5.08. The monoisotopic (exact) mass is 271 g/mol. The van der Waals surface area contributed by atoms with Gasteiger partial charge in [0.1, 0.15) is 0 Å². The van der Waals surface area contributed by atoms with Crippen LogP contribution < -0.4 is 0 Å². The molecule has 5 heteroatoms. The molecule has 1 amide bonds. The van der Waals surface area contributed by atoms with Crippen molar-refractivity contribution in [1.29, 1.82) is 0 Å². The highest BCUT2D eigenvalue weighted by atomic mass is 19.4. The van der Waals surface area contributed by atoms with Crippen LogP contribution >= 0.6 is 0 Å². The molecule has 2 nitrogen and oxygen atoms in total. The Morgan fingerprint density at radius 1 is 1.26 bits per heavy atom. The molecule has 0 spiro atoms. The van der Waals surface area contributed by atoms with Gasteiger partial charge in [-0.3, -0.25) is 4.79 Å². The van der Waals surface area contributed by atoms with Crippen molar-refractivity contribution in [2.24, 2.45) is 0 Å². The summed E-state index contributed by atoms with van der Waals surface area (Å²) < 4.78 is 38.8. The maximum Gasteiger partial charge on any atom is 0.417 e. The molecule has 0 heterocycles. The SMILES string of the molecule is CC(C)N(C(=O)c1ccccc1C(F)(F)F)C1CC1. The molecule has 1 aliphatic carbocycles. The molecule has 104 valence electrons. The number of benzene rings is 1. The first-order chi connectivity index (χ1) is 8.82. The molecular formula is C14H16F3NO. The summed E-state index contributed by atoms with van der Waals surface area (Å²) in [6.45, 7) is 3.65. The summed E-state index contributed by atoms with van der Waals surface area (Å²) in [4.78, 5) is 13.9. The fourth-order valence-corrected chi connectivity index (χ4v) is 2.23. The van der Waals surface area contributed by atoms with Crippen molar-refractivity contribution >= 4 is 5.91 Å². The largest absolute Gasteiger partial charge is 0.417 e. The van der Waals surface area contributed by atoms with Crippen LogP contribution in [0.5, 0.6) is 0 Å². The minimum atomic E-state index is -4.50. The Kier molecular flexibility index (Phi) is 3.56. The molecule has 1 fully saturated rings. The third-order valence-corrected chi connectivity index (χ3v) is 3.19. The minimum Gasteiger partial charge on any atom is -0.333 e. The molecule has 1 saturated carbocycles. The predicted molar refractivity (Wildman–Crippen MR) is 65.8 cm³/mol. The van der Waals surface area contributed by atoms with Gasteiger partial charge in [-0.25, -0.2) is 0 Å². The number of hydrogen-bond donors (Lipinski definition) is 0. The first-order valence-electron chi connectivity index (χ1n) is 6.31. The van der Waals surface area contributed by atoms with Crippen LogP contribution in [0, 0.1) is 0 Å². The standard InChI is InChI=1S/C14H16F3NO/c1-9(2)18(10-7-8-10)13(19)11-5-3-4-6-12(11)14(15,16)17/h3-6,9-10H,7-8H2,1-2H3. The van der Waals surface area contributed by atoms with E-state index in [-0.39, 0.29) is 17.6 Å². The van der Waals surface area contributed by atoms with Gasteiger partial charge in [-0.05, 0) is 38.8 Å². The van der Waals surface area contributed by atoms with E-state index in [1.165, 1.54) is 18.2 Å². The average Bonchev–Trinajstić information content (AvgIpc) is 3.12. The van der Waals surface area contributed by atoms with Gasteiger partial charge in [0.25, 0.3) is 5.91 Å². The maximum absolute atomic E-state index is 12.9. The Hall–Kier alpha value is -1.52. The van der Waals surface area contributed by atoms with Crippen LogP contribution in [-0.4, -0.2) is 22.9 Å². The molecule has 1 aliphatic rings. The zero-order valence-corrected chi connectivity index (χ0v) is 10.9. The quantitative estimate of drug-likeness (QED) is 0.820.